The predicted molar refractivity (Wildman–Crippen MR) is 117 cm³/mol. The van der Waals surface area contributed by atoms with Gasteiger partial charge in [-0.2, -0.15) is 0 Å². The van der Waals surface area contributed by atoms with Crippen molar-refractivity contribution in [3.63, 3.8) is 0 Å². The Hall–Kier alpha value is -1.38. The van der Waals surface area contributed by atoms with Crippen LogP contribution in [0.3, 0.4) is 0 Å². The quantitative estimate of drug-likeness (QED) is 0.639. The van der Waals surface area contributed by atoms with E-state index in [0.29, 0.717) is 11.8 Å². The molecule has 4 atom stereocenters. The second kappa shape index (κ2) is 9.18. The van der Waals surface area contributed by atoms with Crippen molar-refractivity contribution in [2.75, 3.05) is 19.7 Å². The summed E-state index contributed by atoms with van der Waals surface area (Å²) in [6.07, 6.45) is 3.55. The molecular formula is C21H30N4O2S2. The topological polar surface area (TPSA) is 60.2 Å². The van der Waals surface area contributed by atoms with E-state index < -0.39 is 0 Å². The lowest BCUT2D eigenvalue weighted by molar-refractivity contribution is -0.132. The third-order valence-corrected chi connectivity index (χ3v) is 7.61. The van der Waals surface area contributed by atoms with E-state index in [2.05, 4.69) is 40.1 Å². The van der Waals surface area contributed by atoms with Gasteiger partial charge >= 0.3 is 0 Å². The molecule has 0 aromatic carbocycles. The van der Waals surface area contributed by atoms with Gasteiger partial charge in [0.05, 0.1) is 22.8 Å². The van der Waals surface area contributed by atoms with Gasteiger partial charge in [0, 0.05) is 19.7 Å². The lowest BCUT2D eigenvalue weighted by Gasteiger charge is -2.36. The normalized spacial score (nSPS) is 26.0. The Bertz CT molecular complexity index is 807. The number of likely N-dealkylation sites (tertiary alicyclic amines) is 1. The van der Waals surface area contributed by atoms with Crippen molar-refractivity contribution in [3.8, 4) is 10.7 Å². The fourth-order valence-electron chi connectivity index (χ4n) is 4.43. The number of amides is 1. The molecule has 0 aliphatic carbocycles. The molecule has 29 heavy (non-hydrogen) atoms. The minimum Gasteiger partial charge on any atom is -0.376 e. The number of hydrogen-bond donors (Lipinski definition) is 0. The lowest BCUT2D eigenvalue weighted by Crippen LogP contribution is -2.45. The first kappa shape index (κ1) is 20.9. The molecule has 0 radical (unpaired) electrons. The molecule has 4 heterocycles. The summed E-state index contributed by atoms with van der Waals surface area (Å²) >= 11 is 3.18. The second-order valence-corrected chi connectivity index (χ2v) is 10.7. The van der Waals surface area contributed by atoms with Crippen LogP contribution < -0.4 is 0 Å². The maximum absolute atomic E-state index is 13.1. The molecule has 8 heteroatoms. The summed E-state index contributed by atoms with van der Waals surface area (Å²) in [5.74, 6) is 2.21. The number of ether oxygens (including phenoxy) is 1. The number of thioether (sulfide) groups is 1. The molecule has 0 spiro atoms. The Balaban J connectivity index is 1.52. The van der Waals surface area contributed by atoms with E-state index in [-0.39, 0.29) is 17.3 Å². The van der Waals surface area contributed by atoms with Crippen molar-refractivity contribution in [1.82, 2.24) is 19.7 Å². The van der Waals surface area contributed by atoms with Gasteiger partial charge in [-0.15, -0.1) is 21.5 Å². The summed E-state index contributed by atoms with van der Waals surface area (Å²) in [5, 5.41) is 11.6. The van der Waals surface area contributed by atoms with Crippen LogP contribution in [0.15, 0.2) is 22.7 Å². The number of piperidine rings is 1. The summed E-state index contributed by atoms with van der Waals surface area (Å²) in [6, 6.07) is 4.10. The van der Waals surface area contributed by atoms with Crippen LogP contribution in [0, 0.1) is 11.8 Å². The summed E-state index contributed by atoms with van der Waals surface area (Å²) in [4.78, 5) is 16.2. The fraction of sp³-hybridized carbons (Fsp3) is 0.667. The van der Waals surface area contributed by atoms with Crippen LogP contribution >= 0.6 is 23.1 Å². The summed E-state index contributed by atoms with van der Waals surface area (Å²) < 4.78 is 8.02. The first-order valence-electron chi connectivity index (χ1n) is 10.6. The van der Waals surface area contributed by atoms with Gasteiger partial charge < -0.3 is 9.64 Å². The minimum absolute atomic E-state index is 0.184. The highest BCUT2D eigenvalue weighted by atomic mass is 32.2. The number of carbonyl (C=O) groups is 1. The third kappa shape index (κ3) is 4.86. The average molecular weight is 435 g/mol. The Morgan fingerprint density at radius 1 is 1.34 bits per heavy atom. The number of thiophene rings is 1. The van der Waals surface area contributed by atoms with Crippen LogP contribution in [0.2, 0.25) is 0 Å². The second-order valence-electron chi connectivity index (χ2n) is 8.48. The molecule has 2 aromatic heterocycles. The molecule has 2 aliphatic heterocycles. The molecule has 2 fully saturated rings. The van der Waals surface area contributed by atoms with Gasteiger partial charge in [-0.25, -0.2) is 0 Å². The largest absolute Gasteiger partial charge is 0.376 e. The van der Waals surface area contributed by atoms with Gasteiger partial charge in [0.15, 0.2) is 11.0 Å². The van der Waals surface area contributed by atoms with Crippen LogP contribution in [-0.4, -0.2) is 56.6 Å². The highest BCUT2D eigenvalue weighted by Crippen LogP contribution is 2.32. The van der Waals surface area contributed by atoms with Crippen molar-refractivity contribution in [3.05, 3.63) is 17.5 Å². The van der Waals surface area contributed by atoms with Crippen molar-refractivity contribution >= 4 is 29.0 Å². The number of nitrogens with zero attached hydrogens (tertiary/aromatic N) is 4. The number of carbonyl (C=O) groups excluding carboxylic acids is 1. The lowest BCUT2D eigenvalue weighted by atomic mass is 9.92. The molecular weight excluding hydrogens is 404 g/mol. The van der Waals surface area contributed by atoms with Gasteiger partial charge in [0.2, 0.25) is 5.91 Å². The van der Waals surface area contributed by atoms with E-state index in [4.69, 9.17) is 4.74 Å². The van der Waals surface area contributed by atoms with E-state index in [1.807, 2.05) is 17.9 Å². The average Bonchev–Trinajstić information content (AvgIpc) is 3.43. The Labute approximate surface area is 181 Å². The van der Waals surface area contributed by atoms with E-state index in [0.717, 1.165) is 54.9 Å². The zero-order valence-electron chi connectivity index (χ0n) is 17.4. The Morgan fingerprint density at radius 2 is 2.14 bits per heavy atom. The molecule has 2 saturated heterocycles. The molecule has 0 N–H and O–H groups in total. The van der Waals surface area contributed by atoms with Crippen LogP contribution in [0.1, 0.15) is 40.0 Å². The number of rotatable bonds is 6. The Kier molecular flexibility index (Phi) is 6.61. The molecule has 4 unspecified atom stereocenters. The Morgan fingerprint density at radius 3 is 2.79 bits per heavy atom. The maximum Gasteiger partial charge on any atom is 0.235 e. The maximum atomic E-state index is 13.1. The van der Waals surface area contributed by atoms with Crippen molar-refractivity contribution in [1.29, 1.82) is 0 Å². The first-order chi connectivity index (χ1) is 14.0. The van der Waals surface area contributed by atoms with Crippen molar-refractivity contribution < 1.29 is 9.53 Å². The van der Waals surface area contributed by atoms with E-state index in [1.54, 1.807) is 11.3 Å². The van der Waals surface area contributed by atoms with Gasteiger partial charge in [-0.3, -0.25) is 9.36 Å². The van der Waals surface area contributed by atoms with Crippen LogP contribution in [0.4, 0.5) is 0 Å². The first-order valence-corrected chi connectivity index (χ1v) is 12.3. The molecule has 2 aliphatic rings. The highest BCUT2D eigenvalue weighted by molar-refractivity contribution is 8.00. The monoisotopic (exact) mass is 434 g/mol. The summed E-state index contributed by atoms with van der Waals surface area (Å²) in [5.41, 5.74) is 0. The minimum atomic E-state index is -0.184. The van der Waals surface area contributed by atoms with E-state index in [9.17, 15) is 4.79 Å². The SMILES string of the molecule is CC1CC(C)CN(C(=O)C(C)Sc2nnc(-c3cccs3)n2CC2CCCO2)C1. The molecule has 4 rings (SSSR count). The zero-order chi connectivity index (χ0) is 20.4. The van der Waals surface area contributed by atoms with Crippen molar-refractivity contribution in [2.45, 2.75) is 63.1 Å². The summed E-state index contributed by atoms with van der Waals surface area (Å²) in [7, 11) is 0. The molecule has 2 aromatic rings. The molecule has 0 saturated carbocycles. The smallest absolute Gasteiger partial charge is 0.235 e. The van der Waals surface area contributed by atoms with E-state index >= 15 is 0 Å². The molecule has 0 bridgehead atoms. The van der Waals surface area contributed by atoms with Gasteiger partial charge in [0.25, 0.3) is 0 Å². The number of hydrogen-bond acceptors (Lipinski definition) is 6. The standard InChI is InChI=1S/C21H30N4O2S2/c1-14-10-15(2)12-24(11-14)20(26)16(3)29-21-23-22-19(18-7-5-9-28-18)25(21)13-17-6-4-8-27-17/h5,7,9,14-17H,4,6,8,10-13H2,1-3H3. The molecule has 1 amide bonds. The van der Waals surface area contributed by atoms with Gasteiger partial charge in [-0.05, 0) is 49.5 Å². The third-order valence-electron chi connectivity index (χ3n) is 5.68. The predicted octanol–water partition coefficient (Wildman–Crippen LogP) is 4.17. The van der Waals surface area contributed by atoms with Crippen LogP contribution in [0.5, 0.6) is 0 Å². The highest BCUT2D eigenvalue weighted by Gasteiger charge is 2.30. The van der Waals surface area contributed by atoms with Crippen molar-refractivity contribution in [2.24, 2.45) is 11.8 Å². The zero-order valence-corrected chi connectivity index (χ0v) is 19.0. The summed E-state index contributed by atoms with van der Waals surface area (Å²) in [6.45, 7) is 9.74. The van der Waals surface area contributed by atoms with E-state index in [1.165, 1.54) is 18.2 Å². The fourth-order valence-corrected chi connectivity index (χ4v) is 6.09. The van der Waals surface area contributed by atoms with Gasteiger partial charge in [-0.1, -0.05) is 31.7 Å². The van der Waals surface area contributed by atoms with Crippen LogP contribution in [0.25, 0.3) is 10.7 Å². The molecule has 6 nitrogen and oxygen atoms in total. The van der Waals surface area contributed by atoms with Gasteiger partial charge in [0.1, 0.15) is 0 Å². The molecule has 158 valence electrons. The van der Waals surface area contributed by atoms with Crippen LogP contribution in [-0.2, 0) is 16.1 Å². The number of aromatic nitrogens is 3.